The minimum Gasteiger partial charge on any atom is -0.462 e. The van der Waals surface area contributed by atoms with Crippen molar-refractivity contribution >= 4 is 23.7 Å². The van der Waals surface area contributed by atoms with Crippen LogP contribution in [0.2, 0.25) is 0 Å². The number of carbonyl (C=O) groups is 4. The third-order valence-corrected chi connectivity index (χ3v) is 14.8. The molecule has 0 aromatic rings. The zero-order valence-corrected chi connectivity index (χ0v) is 34.1. The summed E-state index contributed by atoms with van der Waals surface area (Å²) in [6.45, 7) is 14.9. The van der Waals surface area contributed by atoms with Gasteiger partial charge in [0, 0.05) is 44.9 Å². The first-order chi connectivity index (χ1) is 25.5. The third-order valence-electron chi connectivity index (χ3n) is 14.8. The van der Waals surface area contributed by atoms with E-state index in [-0.39, 0.29) is 41.3 Å². The van der Waals surface area contributed by atoms with Crippen molar-refractivity contribution in [2.24, 2.45) is 46.3 Å². The maximum Gasteiger partial charge on any atom is 0.303 e. The second kappa shape index (κ2) is 16.2. The van der Waals surface area contributed by atoms with E-state index in [4.69, 9.17) is 23.7 Å². The van der Waals surface area contributed by atoms with E-state index in [2.05, 4.69) is 13.8 Å². The Morgan fingerprint density at radius 3 is 2.16 bits per heavy atom. The molecule has 5 N–H and O–H groups in total. The summed E-state index contributed by atoms with van der Waals surface area (Å²) in [5.74, 6) is -2.26. The van der Waals surface area contributed by atoms with Crippen molar-refractivity contribution in [2.45, 2.75) is 180 Å². The molecule has 314 valence electrons. The molecule has 4 saturated carbocycles. The molecule has 14 nitrogen and oxygen atoms in total. The quantitative estimate of drug-likeness (QED) is 0.109. The molecular weight excluding hydrogens is 716 g/mol. The first kappa shape index (κ1) is 43.9. The van der Waals surface area contributed by atoms with E-state index in [1.165, 1.54) is 20.8 Å². The number of esters is 3. The first-order valence-electron chi connectivity index (χ1n) is 20.2. The van der Waals surface area contributed by atoms with E-state index in [1.54, 1.807) is 27.7 Å². The molecule has 55 heavy (non-hydrogen) atoms. The van der Waals surface area contributed by atoms with Gasteiger partial charge in [-0.05, 0) is 108 Å². The molecule has 0 spiro atoms. The summed E-state index contributed by atoms with van der Waals surface area (Å²) < 4.78 is 29.1. The van der Waals surface area contributed by atoms with Crippen LogP contribution in [0.4, 0.5) is 0 Å². The number of rotatable bonds is 12. The Kier molecular flexibility index (Phi) is 12.9. The van der Waals surface area contributed by atoms with Crippen molar-refractivity contribution in [3.8, 4) is 0 Å². The highest BCUT2D eigenvalue weighted by Crippen LogP contribution is 2.69. The van der Waals surface area contributed by atoms with Crippen molar-refractivity contribution in [3.05, 3.63) is 0 Å². The second-order valence-electron chi connectivity index (χ2n) is 18.8. The minimum absolute atomic E-state index is 0.00825. The van der Waals surface area contributed by atoms with Gasteiger partial charge in [-0.1, -0.05) is 13.8 Å². The summed E-state index contributed by atoms with van der Waals surface area (Å²) in [6, 6.07) is 0. The largest absolute Gasteiger partial charge is 0.462 e. The van der Waals surface area contributed by atoms with Crippen molar-refractivity contribution in [1.82, 2.24) is 0 Å². The number of fused-ring (bicyclic) bond motifs is 5. The Balaban J connectivity index is 1.36. The van der Waals surface area contributed by atoms with Gasteiger partial charge >= 0.3 is 17.9 Å². The van der Waals surface area contributed by atoms with Gasteiger partial charge in [-0.25, -0.2) is 0 Å². The molecule has 4 aliphatic carbocycles. The number of hydrogen-bond donors (Lipinski definition) is 5. The molecule has 14 heteroatoms. The fraction of sp³-hybridized carbons (Fsp3) is 0.902. The molecule has 0 aromatic heterocycles. The van der Waals surface area contributed by atoms with Gasteiger partial charge in [-0.2, -0.15) is 0 Å². The lowest BCUT2D eigenvalue weighted by Gasteiger charge is -2.61. The number of Topliss-reactive ketones (excluding diaryl/α,β-unsaturated/α-hetero) is 1. The lowest BCUT2D eigenvalue weighted by Crippen LogP contribution is -2.61. The van der Waals surface area contributed by atoms with Gasteiger partial charge in [-0.15, -0.1) is 0 Å². The standard InChI is InChI=1S/C41H66O14/c1-20(51-21(2)43)26(38(5,6)55-23(4)45)12-15-41(9,50)36-31(52-22(3)44)18-28-25-17-30(46)29-16-24(10-13-39(29,7)27(25)11-14-40(28,36)8)53-37-35(49)34(48)33(47)32(19-42)54-37/h20,24-29,31-37,42,47-50H,10-19H2,1-9H3/t20-,24-,25+,26-,27-,28-,29-,31-,32+,33+,34-,35+,36-,37+,39+,40-,41-/m0/s1. The van der Waals surface area contributed by atoms with Gasteiger partial charge in [0.2, 0.25) is 0 Å². The van der Waals surface area contributed by atoms with Crippen LogP contribution in [0.15, 0.2) is 0 Å². The Hall–Kier alpha value is -2.20. The summed E-state index contributed by atoms with van der Waals surface area (Å²) in [7, 11) is 0. The number of hydrogen-bond acceptors (Lipinski definition) is 14. The van der Waals surface area contributed by atoms with Gasteiger partial charge in [0.15, 0.2) is 6.29 Å². The van der Waals surface area contributed by atoms with E-state index in [1.807, 2.05) is 0 Å². The van der Waals surface area contributed by atoms with Gasteiger partial charge in [-0.3, -0.25) is 19.2 Å². The van der Waals surface area contributed by atoms with Gasteiger partial charge < -0.3 is 49.2 Å². The van der Waals surface area contributed by atoms with Crippen molar-refractivity contribution < 1.29 is 68.4 Å². The van der Waals surface area contributed by atoms with Crippen molar-refractivity contribution in [3.63, 3.8) is 0 Å². The highest BCUT2D eigenvalue weighted by Gasteiger charge is 2.67. The molecule has 0 radical (unpaired) electrons. The summed E-state index contributed by atoms with van der Waals surface area (Å²) in [5.41, 5.74) is -3.17. The summed E-state index contributed by atoms with van der Waals surface area (Å²) in [5, 5.41) is 53.3. The van der Waals surface area contributed by atoms with E-state index in [0.29, 0.717) is 38.5 Å². The van der Waals surface area contributed by atoms with Crippen molar-refractivity contribution in [2.75, 3.05) is 6.61 Å². The summed E-state index contributed by atoms with van der Waals surface area (Å²) >= 11 is 0. The zero-order valence-electron chi connectivity index (χ0n) is 34.1. The first-order valence-corrected chi connectivity index (χ1v) is 20.2. The zero-order chi connectivity index (χ0) is 41.0. The SMILES string of the molecule is CC(=O)O[C@@H](C)[C@H](CC[C@](C)(O)[C@H]1[C@@H](OC(C)=O)C[C@H]2[C@@H]3CC(=O)[C@@H]4C[C@@H](O[C@@H]5O[C@H](CO)[C@@H](O)[C@H](O)[C@H]5O)CC[C@]4(C)[C@H]3CC[C@@]21C)C(C)(C)OC(C)=O. The van der Waals surface area contributed by atoms with Gasteiger partial charge in [0.05, 0.1) is 18.3 Å². The van der Waals surface area contributed by atoms with Crippen LogP contribution in [0.1, 0.15) is 120 Å². The molecular formula is C41H66O14. The Labute approximate surface area is 324 Å². The Morgan fingerprint density at radius 1 is 0.909 bits per heavy atom. The molecule has 5 rings (SSSR count). The van der Waals surface area contributed by atoms with E-state index in [0.717, 1.165) is 12.8 Å². The second-order valence-corrected chi connectivity index (χ2v) is 18.8. The van der Waals surface area contributed by atoms with Crippen LogP contribution >= 0.6 is 0 Å². The summed E-state index contributed by atoms with van der Waals surface area (Å²) in [6.07, 6.45) is -3.83. The highest BCUT2D eigenvalue weighted by atomic mass is 16.7. The number of aliphatic hydroxyl groups is 5. The highest BCUT2D eigenvalue weighted by molar-refractivity contribution is 5.83. The molecule has 5 aliphatic rings. The molecule has 0 aromatic carbocycles. The Morgan fingerprint density at radius 2 is 1.56 bits per heavy atom. The van der Waals surface area contributed by atoms with Crippen LogP contribution in [0, 0.1) is 46.3 Å². The third kappa shape index (κ3) is 8.52. The van der Waals surface area contributed by atoms with Gasteiger partial charge in [0.1, 0.15) is 48.0 Å². The van der Waals surface area contributed by atoms with E-state index >= 15 is 0 Å². The molecule has 1 heterocycles. The van der Waals surface area contributed by atoms with Crippen LogP contribution in [-0.2, 0) is 42.9 Å². The van der Waals surface area contributed by atoms with Crippen LogP contribution in [0.5, 0.6) is 0 Å². The molecule has 17 atom stereocenters. The van der Waals surface area contributed by atoms with Crippen LogP contribution in [0.3, 0.4) is 0 Å². The fourth-order valence-electron chi connectivity index (χ4n) is 12.5. The maximum atomic E-state index is 14.3. The number of ketones is 1. The molecule has 1 aliphatic heterocycles. The normalized spacial score (nSPS) is 42.5. The molecule has 0 unspecified atom stereocenters. The van der Waals surface area contributed by atoms with E-state index < -0.39 is 102 Å². The van der Waals surface area contributed by atoms with Crippen LogP contribution in [-0.4, -0.2) is 116 Å². The van der Waals surface area contributed by atoms with Gasteiger partial charge in [0.25, 0.3) is 0 Å². The molecule has 0 amide bonds. The lowest BCUT2D eigenvalue weighted by molar-refractivity contribution is -0.315. The topological polar surface area (TPSA) is 216 Å². The van der Waals surface area contributed by atoms with Crippen molar-refractivity contribution in [1.29, 1.82) is 0 Å². The summed E-state index contributed by atoms with van der Waals surface area (Å²) in [4.78, 5) is 50.9. The monoisotopic (exact) mass is 782 g/mol. The predicted octanol–water partition coefficient (Wildman–Crippen LogP) is 2.99. The van der Waals surface area contributed by atoms with Crippen LogP contribution < -0.4 is 0 Å². The Bertz CT molecular complexity index is 1430. The molecule has 0 bridgehead atoms. The maximum absolute atomic E-state index is 14.3. The number of aliphatic hydroxyl groups excluding tert-OH is 4. The average Bonchev–Trinajstić information content (AvgIpc) is 3.36. The molecule has 1 saturated heterocycles. The fourth-order valence-corrected chi connectivity index (χ4v) is 12.5. The number of carbonyl (C=O) groups excluding carboxylic acids is 4. The smallest absolute Gasteiger partial charge is 0.303 e. The minimum atomic E-state index is -1.55. The predicted molar refractivity (Wildman–Crippen MR) is 196 cm³/mol. The average molecular weight is 783 g/mol. The lowest BCUT2D eigenvalue weighted by atomic mass is 9.44. The number of ether oxygens (including phenoxy) is 5. The van der Waals surface area contributed by atoms with Crippen LogP contribution in [0.25, 0.3) is 0 Å². The molecule has 5 fully saturated rings. The van der Waals surface area contributed by atoms with E-state index in [9.17, 15) is 44.7 Å².